The van der Waals surface area contributed by atoms with E-state index in [1.165, 1.54) is 11.8 Å². The van der Waals surface area contributed by atoms with Crippen LogP contribution in [0.3, 0.4) is 0 Å². The van der Waals surface area contributed by atoms with Gasteiger partial charge in [-0.3, -0.25) is 9.69 Å². The van der Waals surface area contributed by atoms with Gasteiger partial charge >= 0.3 is 0 Å². The SMILES string of the molecule is CCC[C@@H]1C[C@@H](C(=O)N[C@@H]([C@H]2O[C@H](SC)[C@H](O)[C@H]3OC(C)(C)O[C@H]32)[C@H](C)O)N(C)C1. The Labute approximate surface area is 184 Å². The van der Waals surface area contributed by atoms with E-state index < -0.39 is 47.8 Å². The van der Waals surface area contributed by atoms with E-state index in [9.17, 15) is 15.0 Å². The Kier molecular flexibility index (Phi) is 7.75. The minimum Gasteiger partial charge on any atom is -0.391 e. The summed E-state index contributed by atoms with van der Waals surface area (Å²) in [5.41, 5.74) is -0.532. The first-order valence-corrected chi connectivity index (χ1v) is 12.3. The van der Waals surface area contributed by atoms with Crippen molar-refractivity contribution in [2.45, 2.75) is 101 Å². The van der Waals surface area contributed by atoms with E-state index >= 15 is 0 Å². The second kappa shape index (κ2) is 9.60. The molecule has 3 heterocycles. The van der Waals surface area contributed by atoms with Gasteiger partial charge in [0.1, 0.15) is 29.9 Å². The molecule has 1 amide bonds. The van der Waals surface area contributed by atoms with Gasteiger partial charge in [-0.25, -0.2) is 0 Å². The first kappa shape index (κ1) is 24.2. The molecule has 0 radical (unpaired) electrons. The molecule has 3 rings (SSSR count). The maximum absolute atomic E-state index is 13.2. The first-order valence-electron chi connectivity index (χ1n) is 11.0. The van der Waals surface area contributed by atoms with E-state index in [0.717, 1.165) is 25.8 Å². The van der Waals surface area contributed by atoms with Crippen LogP contribution in [-0.2, 0) is 19.0 Å². The maximum Gasteiger partial charge on any atom is 0.237 e. The average Bonchev–Trinajstić information content (AvgIpc) is 3.19. The van der Waals surface area contributed by atoms with E-state index in [2.05, 4.69) is 17.1 Å². The number of rotatable bonds is 7. The summed E-state index contributed by atoms with van der Waals surface area (Å²) in [5.74, 6) is -0.469. The standard InChI is InChI=1S/C21H38N2O6S/c1-7-8-12-9-13(23(5)10-12)19(26)22-14(11(2)24)16-18-17(28-21(3,4)29-18)15(25)20(27-16)30-6/h11-18,20,24-25H,7-10H2,1-6H3,(H,22,26)/t11-,12+,13-,14+,15+,16+,17+,18-,20+/m0/s1. The summed E-state index contributed by atoms with van der Waals surface area (Å²) in [6.45, 7) is 8.29. The van der Waals surface area contributed by atoms with Crippen molar-refractivity contribution in [2.75, 3.05) is 19.8 Å². The largest absolute Gasteiger partial charge is 0.391 e. The van der Waals surface area contributed by atoms with Crippen LogP contribution >= 0.6 is 11.8 Å². The molecule has 30 heavy (non-hydrogen) atoms. The fourth-order valence-electron chi connectivity index (χ4n) is 5.05. The molecule has 0 bridgehead atoms. The Morgan fingerprint density at radius 2 is 2.00 bits per heavy atom. The Balaban J connectivity index is 1.77. The van der Waals surface area contributed by atoms with Gasteiger partial charge in [0, 0.05) is 6.54 Å². The fourth-order valence-corrected chi connectivity index (χ4v) is 5.73. The number of likely N-dealkylation sites (N-methyl/N-ethyl adjacent to an activating group) is 1. The number of thioether (sulfide) groups is 1. The van der Waals surface area contributed by atoms with Gasteiger partial charge in [0.15, 0.2) is 5.79 Å². The summed E-state index contributed by atoms with van der Waals surface area (Å²) in [6, 6.07) is -0.899. The lowest BCUT2D eigenvalue weighted by Crippen LogP contribution is -2.65. The molecule has 0 spiro atoms. The number of carbonyl (C=O) groups excluding carboxylic acids is 1. The molecule has 3 aliphatic rings. The summed E-state index contributed by atoms with van der Waals surface area (Å²) in [4.78, 5) is 15.2. The van der Waals surface area contributed by atoms with E-state index in [-0.39, 0.29) is 11.9 Å². The number of carbonyl (C=O) groups is 1. The Morgan fingerprint density at radius 3 is 2.60 bits per heavy atom. The molecule has 3 aliphatic heterocycles. The molecule has 3 fully saturated rings. The van der Waals surface area contributed by atoms with Crippen LogP contribution in [0.2, 0.25) is 0 Å². The molecule has 3 N–H and O–H groups in total. The second-order valence-electron chi connectivity index (χ2n) is 9.38. The molecular weight excluding hydrogens is 408 g/mol. The lowest BCUT2D eigenvalue weighted by atomic mass is 9.92. The Hall–Kier alpha value is -0.420. The van der Waals surface area contributed by atoms with Crippen LogP contribution in [0.15, 0.2) is 0 Å². The zero-order valence-electron chi connectivity index (χ0n) is 18.9. The molecule has 3 saturated heterocycles. The number of hydrogen-bond acceptors (Lipinski definition) is 8. The molecule has 0 aromatic rings. The van der Waals surface area contributed by atoms with Gasteiger partial charge in [-0.15, -0.1) is 11.8 Å². The molecule has 0 aliphatic carbocycles. The maximum atomic E-state index is 13.2. The quantitative estimate of drug-likeness (QED) is 0.531. The van der Waals surface area contributed by atoms with Crippen molar-refractivity contribution in [3.05, 3.63) is 0 Å². The third kappa shape index (κ3) is 4.98. The van der Waals surface area contributed by atoms with Crippen molar-refractivity contribution in [3.8, 4) is 0 Å². The van der Waals surface area contributed by atoms with Crippen LogP contribution in [-0.4, -0.2) is 94.7 Å². The normalized spacial score (nSPS) is 40.7. The topological polar surface area (TPSA) is 100 Å². The predicted molar refractivity (Wildman–Crippen MR) is 115 cm³/mol. The smallest absolute Gasteiger partial charge is 0.237 e. The van der Waals surface area contributed by atoms with Gasteiger partial charge in [0.25, 0.3) is 0 Å². The molecule has 8 nitrogen and oxygen atoms in total. The van der Waals surface area contributed by atoms with Crippen LogP contribution in [0.1, 0.15) is 47.0 Å². The summed E-state index contributed by atoms with van der Waals surface area (Å²) < 4.78 is 18.1. The van der Waals surface area contributed by atoms with Crippen molar-refractivity contribution in [1.82, 2.24) is 10.2 Å². The monoisotopic (exact) mass is 446 g/mol. The lowest BCUT2D eigenvalue weighted by molar-refractivity contribution is -0.177. The van der Waals surface area contributed by atoms with Gasteiger partial charge in [-0.05, 0) is 52.8 Å². The van der Waals surface area contributed by atoms with Crippen LogP contribution < -0.4 is 5.32 Å². The van der Waals surface area contributed by atoms with Crippen molar-refractivity contribution < 1.29 is 29.2 Å². The summed E-state index contributed by atoms with van der Waals surface area (Å²) in [7, 11) is 1.97. The molecule has 174 valence electrons. The lowest BCUT2D eigenvalue weighted by Gasteiger charge is -2.43. The van der Waals surface area contributed by atoms with Crippen molar-refractivity contribution >= 4 is 17.7 Å². The van der Waals surface area contributed by atoms with Gasteiger partial charge in [0.2, 0.25) is 5.91 Å². The van der Waals surface area contributed by atoms with Gasteiger partial charge < -0.3 is 29.7 Å². The minimum absolute atomic E-state index is 0.104. The van der Waals surface area contributed by atoms with Crippen LogP contribution in [0.25, 0.3) is 0 Å². The molecule has 9 heteroatoms. The van der Waals surface area contributed by atoms with Gasteiger partial charge in [0.05, 0.1) is 18.2 Å². The highest BCUT2D eigenvalue weighted by Gasteiger charge is 2.57. The third-order valence-electron chi connectivity index (χ3n) is 6.44. The van der Waals surface area contributed by atoms with E-state index in [4.69, 9.17) is 14.2 Å². The van der Waals surface area contributed by atoms with E-state index in [0.29, 0.717) is 5.92 Å². The number of nitrogens with zero attached hydrogens (tertiary/aromatic N) is 1. The summed E-state index contributed by atoms with van der Waals surface area (Å²) in [6.07, 6.45) is 1.35. The average molecular weight is 447 g/mol. The zero-order valence-corrected chi connectivity index (χ0v) is 19.7. The van der Waals surface area contributed by atoms with Crippen LogP contribution in [0.4, 0.5) is 0 Å². The highest BCUT2D eigenvalue weighted by molar-refractivity contribution is 7.99. The number of aliphatic hydroxyl groups is 2. The first-order chi connectivity index (χ1) is 14.1. The number of hydrogen-bond donors (Lipinski definition) is 3. The number of likely N-dealkylation sites (tertiary alicyclic amines) is 1. The minimum atomic E-state index is -0.877. The van der Waals surface area contributed by atoms with E-state index in [1.807, 2.05) is 13.3 Å². The van der Waals surface area contributed by atoms with Crippen molar-refractivity contribution in [1.29, 1.82) is 0 Å². The van der Waals surface area contributed by atoms with Gasteiger partial charge in [-0.2, -0.15) is 0 Å². The number of fused-ring (bicyclic) bond motifs is 1. The number of ether oxygens (including phenoxy) is 3. The predicted octanol–water partition coefficient (Wildman–Crippen LogP) is 0.941. The molecule has 0 aromatic heterocycles. The van der Waals surface area contributed by atoms with Crippen molar-refractivity contribution in [2.24, 2.45) is 5.92 Å². The fraction of sp³-hybridized carbons (Fsp3) is 0.952. The Bertz CT molecular complexity index is 606. The highest BCUT2D eigenvalue weighted by Crippen LogP contribution is 2.41. The zero-order chi connectivity index (χ0) is 22.2. The van der Waals surface area contributed by atoms with E-state index in [1.54, 1.807) is 20.8 Å². The molecule has 0 aromatic carbocycles. The Morgan fingerprint density at radius 1 is 1.33 bits per heavy atom. The summed E-state index contributed by atoms with van der Waals surface area (Å²) in [5, 5.41) is 24.3. The molecular formula is C21H38N2O6S. The highest BCUT2D eigenvalue weighted by atomic mass is 32.2. The molecule has 0 saturated carbocycles. The molecule has 9 atom stereocenters. The number of nitrogens with one attached hydrogen (secondary N) is 1. The van der Waals surface area contributed by atoms with Crippen LogP contribution in [0.5, 0.6) is 0 Å². The molecule has 0 unspecified atom stereocenters. The number of amides is 1. The van der Waals surface area contributed by atoms with Crippen LogP contribution in [0, 0.1) is 5.92 Å². The summed E-state index contributed by atoms with van der Waals surface area (Å²) >= 11 is 1.38. The van der Waals surface area contributed by atoms with Crippen molar-refractivity contribution in [3.63, 3.8) is 0 Å². The number of aliphatic hydroxyl groups excluding tert-OH is 2. The third-order valence-corrected chi connectivity index (χ3v) is 7.30. The van der Waals surface area contributed by atoms with Gasteiger partial charge in [-0.1, -0.05) is 13.3 Å². The second-order valence-corrected chi connectivity index (χ2v) is 10.3.